The summed E-state index contributed by atoms with van der Waals surface area (Å²) in [4.78, 5) is 4.71. The van der Waals surface area contributed by atoms with Crippen molar-refractivity contribution in [2.75, 3.05) is 0 Å². The second kappa shape index (κ2) is 7.69. The second-order valence-corrected chi connectivity index (χ2v) is 4.47. The van der Waals surface area contributed by atoms with Gasteiger partial charge in [-0.2, -0.15) is 0 Å². The number of hydrazine groups is 1. The lowest BCUT2D eigenvalue weighted by molar-refractivity contribution is 0.441. The van der Waals surface area contributed by atoms with Gasteiger partial charge in [0.2, 0.25) is 0 Å². The molecule has 15 heavy (non-hydrogen) atoms. The van der Waals surface area contributed by atoms with Gasteiger partial charge < -0.3 is 5.43 Å². The fourth-order valence-corrected chi connectivity index (χ4v) is 2.15. The molecule has 0 aromatic carbocycles. The topological polar surface area (TPSA) is 50.4 Å². The maximum absolute atomic E-state index is 5.49. The molecule has 3 heteroatoms. The van der Waals surface area contributed by atoms with E-state index in [1.165, 1.54) is 51.4 Å². The van der Waals surface area contributed by atoms with Crippen LogP contribution in [0.4, 0.5) is 0 Å². The first-order valence-electron chi connectivity index (χ1n) is 6.40. The zero-order valence-electron chi connectivity index (χ0n) is 9.97. The SMILES string of the molecule is CCCCCC(=NC1CCCCC1)NN. The molecule has 0 amide bonds. The van der Waals surface area contributed by atoms with Gasteiger partial charge in [-0.3, -0.25) is 4.99 Å². The van der Waals surface area contributed by atoms with Crippen LogP contribution in [0.25, 0.3) is 0 Å². The minimum Gasteiger partial charge on any atom is -0.312 e. The Hall–Kier alpha value is -0.570. The van der Waals surface area contributed by atoms with Gasteiger partial charge in [0.1, 0.15) is 5.84 Å². The molecular weight excluding hydrogens is 186 g/mol. The number of aliphatic imine (C=N–C) groups is 1. The average Bonchev–Trinajstić information content (AvgIpc) is 2.29. The molecule has 3 N–H and O–H groups in total. The Kier molecular flexibility index (Phi) is 6.41. The Morgan fingerprint density at radius 1 is 1.27 bits per heavy atom. The molecular formula is C12H25N3. The van der Waals surface area contributed by atoms with E-state index in [-0.39, 0.29) is 0 Å². The van der Waals surface area contributed by atoms with Gasteiger partial charge in [-0.05, 0) is 19.3 Å². The van der Waals surface area contributed by atoms with Gasteiger partial charge in [-0.25, -0.2) is 5.84 Å². The molecule has 0 spiro atoms. The highest BCUT2D eigenvalue weighted by molar-refractivity contribution is 5.81. The third kappa shape index (κ3) is 5.17. The molecule has 0 aromatic heterocycles. The Bertz CT molecular complexity index is 183. The molecule has 0 aromatic rings. The highest BCUT2D eigenvalue weighted by atomic mass is 15.3. The van der Waals surface area contributed by atoms with Crippen LogP contribution in [0, 0.1) is 0 Å². The maximum Gasteiger partial charge on any atom is 0.111 e. The molecule has 1 fully saturated rings. The molecule has 0 bridgehead atoms. The van der Waals surface area contributed by atoms with E-state index in [0.717, 1.165) is 12.3 Å². The van der Waals surface area contributed by atoms with E-state index in [9.17, 15) is 0 Å². The predicted molar refractivity (Wildman–Crippen MR) is 65.8 cm³/mol. The third-order valence-electron chi connectivity index (χ3n) is 3.10. The van der Waals surface area contributed by atoms with Crippen LogP contribution in [0.15, 0.2) is 4.99 Å². The molecule has 0 heterocycles. The summed E-state index contributed by atoms with van der Waals surface area (Å²) in [7, 11) is 0. The number of unbranched alkanes of at least 4 members (excludes halogenated alkanes) is 2. The molecule has 0 unspecified atom stereocenters. The minimum absolute atomic E-state index is 0.534. The largest absolute Gasteiger partial charge is 0.312 e. The fraction of sp³-hybridized carbons (Fsp3) is 0.917. The van der Waals surface area contributed by atoms with Crippen LogP contribution in [0.5, 0.6) is 0 Å². The first kappa shape index (κ1) is 12.5. The standard InChI is InChI=1S/C12H25N3/c1-2-3-5-10-12(15-13)14-11-8-6-4-7-9-11/h11H,2-10,13H2,1H3,(H,14,15). The number of nitrogens with zero attached hydrogens (tertiary/aromatic N) is 1. The van der Waals surface area contributed by atoms with Crippen LogP contribution in [0.1, 0.15) is 64.7 Å². The van der Waals surface area contributed by atoms with E-state index in [4.69, 9.17) is 10.8 Å². The molecule has 3 nitrogen and oxygen atoms in total. The van der Waals surface area contributed by atoms with Crippen molar-refractivity contribution in [3.8, 4) is 0 Å². The number of nitrogens with one attached hydrogen (secondary N) is 1. The van der Waals surface area contributed by atoms with Gasteiger partial charge in [0.25, 0.3) is 0 Å². The molecule has 1 aliphatic rings. The quantitative estimate of drug-likeness (QED) is 0.241. The van der Waals surface area contributed by atoms with E-state index in [2.05, 4.69) is 12.3 Å². The van der Waals surface area contributed by atoms with Crippen LogP contribution >= 0.6 is 0 Å². The number of nitrogens with two attached hydrogens (primary N) is 1. The molecule has 1 saturated carbocycles. The highest BCUT2D eigenvalue weighted by Crippen LogP contribution is 2.20. The first-order valence-corrected chi connectivity index (χ1v) is 6.40. The van der Waals surface area contributed by atoms with Crippen molar-refractivity contribution in [2.45, 2.75) is 70.8 Å². The molecule has 0 saturated heterocycles. The minimum atomic E-state index is 0.534. The molecule has 1 rings (SSSR count). The molecule has 1 aliphatic carbocycles. The van der Waals surface area contributed by atoms with Crippen molar-refractivity contribution >= 4 is 5.84 Å². The Labute approximate surface area is 93.5 Å². The normalized spacial score (nSPS) is 19.2. The van der Waals surface area contributed by atoms with E-state index in [0.29, 0.717) is 6.04 Å². The summed E-state index contributed by atoms with van der Waals surface area (Å²) in [5, 5.41) is 0. The van der Waals surface area contributed by atoms with Crippen molar-refractivity contribution in [3.05, 3.63) is 0 Å². The summed E-state index contributed by atoms with van der Waals surface area (Å²) in [5.41, 5.74) is 2.76. The van der Waals surface area contributed by atoms with Crippen molar-refractivity contribution in [1.82, 2.24) is 5.43 Å². The van der Waals surface area contributed by atoms with Crippen molar-refractivity contribution in [1.29, 1.82) is 0 Å². The lowest BCUT2D eigenvalue weighted by Gasteiger charge is -2.19. The van der Waals surface area contributed by atoms with E-state index in [1.54, 1.807) is 0 Å². The van der Waals surface area contributed by atoms with Crippen molar-refractivity contribution in [2.24, 2.45) is 10.8 Å². The van der Waals surface area contributed by atoms with Crippen LogP contribution in [0.3, 0.4) is 0 Å². The summed E-state index contributed by atoms with van der Waals surface area (Å²) in [5.74, 6) is 6.50. The second-order valence-electron chi connectivity index (χ2n) is 4.47. The number of hydrogen-bond donors (Lipinski definition) is 2. The molecule has 88 valence electrons. The predicted octanol–water partition coefficient (Wildman–Crippen LogP) is 2.76. The number of amidine groups is 1. The van der Waals surface area contributed by atoms with E-state index < -0.39 is 0 Å². The number of hydrogen-bond acceptors (Lipinski definition) is 2. The lowest BCUT2D eigenvalue weighted by Crippen LogP contribution is -2.31. The van der Waals surface area contributed by atoms with Gasteiger partial charge in [-0.1, -0.05) is 39.0 Å². The smallest absolute Gasteiger partial charge is 0.111 e. The van der Waals surface area contributed by atoms with E-state index in [1.807, 2.05) is 0 Å². The van der Waals surface area contributed by atoms with Crippen LogP contribution in [-0.2, 0) is 0 Å². The Morgan fingerprint density at radius 2 is 2.00 bits per heavy atom. The Morgan fingerprint density at radius 3 is 2.60 bits per heavy atom. The molecule has 0 aliphatic heterocycles. The van der Waals surface area contributed by atoms with Crippen molar-refractivity contribution < 1.29 is 0 Å². The number of rotatable bonds is 5. The van der Waals surface area contributed by atoms with Crippen LogP contribution < -0.4 is 11.3 Å². The zero-order chi connectivity index (χ0) is 10.9. The average molecular weight is 211 g/mol. The first-order chi connectivity index (χ1) is 7.36. The summed E-state index contributed by atoms with van der Waals surface area (Å²) in [6.07, 6.45) is 11.3. The summed E-state index contributed by atoms with van der Waals surface area (Å²) in [6, 6.07) is 0.534. The maximum atomic E-state index is 5.49. The van der Waals surface area contributed by atoms with Crippen LogP contribution in [0.2, 0.25) is 0 Å². The Balaban J connectivity index is 2.30. The molecule has 0 radical (unpaired) electrons. The van der Waals surface area contributed by atoms with Gasteiger partial charge in [0, 0.05) is 6.42 Å². The van der Waals surface area contributed by atoms with Gasteiger partial charge in [-0.15, -0.1) is 0 Å². The van der Waals surface area contributed by atoms with Gasteiger partial charge in [0.05, 0.1) is 6.04 Å². The van der Waals surface area contributed by atoms with Gasteiger partial charge >= 0.3 is 0 Å². The third-order valence-corrected chi connectivity index (χ3v) is 3.10. The monoisotopic (exact) mass is 211 g/mol. The highest BCUT2D eigenvalue weighted by Gasteiger charge is 2.12. The summed E-state index contributed by atoms with van der Waals surface area (Å²) < 4.78 is 0. The lowest BCUT2D eigenvalue weighted by atomic mass is 9.96. The van der Waals surface area contributed by atoms with Gasteiger partial charge in [0.15, 0.2) is 0 Å². The summed E-state index contributed by atoms with van der Waals surface area (Å²) >= 11 is 0. The zero-order valence-corrected chi connectivity index (χ0v) is 9.97. The van der Waals surface area contributed by atoms with E-state index >= 15 is 0 Å². The molecule has 0 atom stereocenters. The summed E-state index contributed by atoms with van der Waals surface area (Å²) in [6.45, 7) is 2.22. The van der Waals surface area contributed by atoms with Crippen LogP contribution in [-0.4, -0.2) is 11.9 Å². The fourth-order valence-electron chi connectivity index (χ4n) is 2.15. The van der Waals surface area contributed by atoms with Crippen molar-refractivity contribution in [3.63, 3.8) is 0 Å².